The molecule has 5 heteroatoms. The Kier molecular flexibility index (Phi) is 4.26. The van der Waals surface area contributed by atoms with Crippen LogP contribution in [0.5, 0.6) is 0 Å². The third-order valence-electron chi connectivity index (χ3n) is 1.97. The predicted molar refractivity (Wildman–Crippen MR) is 56.9 cm³/mol. The molecule has 1 atom stereocenters. The van der Waals surface area contributed by atoms with Crippen LogP contribution in [0.2, 0.25) is 0 Å². The van der Waals surface area contributed by atoms with Crippen molar-refractivity contribution in [2.24, 2.45) is 0 Å². The Bertz CT molecular complexity index is 385. The summed E-state index contributed by atoms with van der Waals surface area (Å²) in [5, 5.41) is 0. The SMILES string of the molecule is C[C@@H](CCc1ccccc1)OS(=O)(=O)O. The molecule has 0 amide bonds. The van der Waals surface area contributed by atoms with Crippen molar-refractivity contribution in [3.8, 4) is 0 Å². The summed E-state index contributed by atoms with van der Waals surface area (Å²) in [5.74, 6) is 0. The molecule has 4 nitrogen and oxygen atoms in total. The highest BCUT2D eigenvalue weighted by Gasteiger charge is 2.11. The molecule has 15 heavy (non-hydrogen) atoms. The largest absolute Gasteiger partial charge is 0.397 e. The third kappa shape index (κ3) is 5.51. The topological polar surface area (TPSA) is 63.6 Å². The lowest BCUT2D eigenvalue weighted by Gasteiger charge is -2.09. The Morgan fingerprint density at radius 2 is 1.93 bits per heavy atom. The van der Waals surface area contributed by atoms with Gasteiger partial charge >= 0.3 is 10.4 Å². The standard InChI is InChI=1S/C10H14O4S/c1-9(14-15(11,12)13)7-8-10-5-3-2-4-6-10/h2-6,9H,7-8H2,1H3,(H,11,12,13)/t9-/m0/s1. The molecule has 1 aromatic rings. The molecule has 0 spiro atoms. The van der Waals surface area contributed by atoms with E-state index in [2.05, 4.69) is 4.18 Å². The molecule has 0 aromatic heterocycles. The zero-order valence-corrected chi connectivity index (χ0v) is 9.28. The van der Waals surface area contributed by atoms with Crippen LogP contribution in [0.1, 0.15) is 18.9 Å². The van der Waals surface area contributed by atoms with Gasteiger partial charge in [0.1, 0.15) is 0 Å². The molecule has 0 saturated heterocycles. The van der Waals surface area contributed by atoms with Gasteiger partial charge in [-0.3, -0.25) is 4.55 Å². The fraction of sp³-hybridized carbons (Fsp3) is 0.400. The van der Waals surface area contributed by atoms with Crippen LogP contribution >= 0.6 is 0 Å². The molecule has 0 aliphatic heterocycles. The second-order valence-corrected chi connectivity index (χ2v) is 4.41. The summed E-state index contributed by atoms with van der Waals surface area (Å²) < 4.78 is 33.6. The monoisotopic (exact) mass is 230 g/mol. The van der Waals surface area contributed by atoms with Gasteiger partial charge in [-0.1, -0.05) is 30.3 Å². The third-order valence-corrected chi connectivity index (χ3v) is 2.54. The summed E-state index contributed by atoms with van der Waals surface area (Å²) in [5.41, 5.74) is 1.11. The van der Waals surface area contributed by atoms with Gasteiger partial charge in [-0.25, -0.2) is 4.18 Å². The van der Waals surface area contributed by atoms with Crippen molar-refractivity contribution in [2.75, 3.05) is 0 Å². The first-order chi connectivity index (χ1) is 6.97. The van der Waals surface area contributed by atoms with Gasteiger partial charge in [0.25, 0.3) is 0 Å². The number of hydrogen-bond acceptors (Lipinski definition) is 3. The average Bonchev–Trinajstić information content (AvgIpc) is 2.14. The summed E-state index contributed by atoms with van der Waals surface area (Å²) >= 11 is 0. The van der Waals surface area contributed by atoms with Crippen molar-refractivity contribution in [3.63, 3.8) is 0 Å². The number of hydrogen-bond donors (Lipinski definition) is 1. The highest BCUT2D eigenvalue weighted by molar-refractivity contribution is 7.80. The van der Waals surface area contributed by atoms with Crippen molar-refractivity contribution in [2.45, 2.75) is 25.9 Å². The van der Waals surface area contributed by atoms with Gasteiger partial charge in [0, 0.05) is 0 Å². The maximum absolute atomic E-state index is 10.4. The summed E-state index contributed by atoms with van der Waals surface area (Å²) in [4.78, 5) is 0. The predicted octanol–water partition coefficient (Wildman–Crippen LogP) is 1.83. The molecule has 1 aromatic carbocycles. The van der Waals surface area contributed by atoms with Gasteiger partial charge in [0.15, 0.2) is 0 Å². The summed E-state index contributed by atoms with van der Waals surface area (Å²) in [6.45, 7) is 1.61. The van der Waals surface area contributed by atoms with E-state index in [0.29, 0.717) is 6.42 Å². The van der Waals surface area contributed by atoms with E-state index in [9.17, 15) is 8.42 Å². The maximum Gasteiger partial charge on any atom is 0.397 e. The van der Waals surface area contributed by atoms with Gasteiger partial charge < -0.3 is 0 Å². The van der Waals surface area contributed by atoms with Gasteiger partial charge in [0.2, 0.25) is 0 Å². The van der Waals surface area contributed by atoms with Gasteiger partial charge in [-0.05, 0) is 25.3 Å². The molecule has 0 saturated carbocycles. The van der Waals surface area contributed by atoms with Crippen molar-refractivity contribution >= 4 is 10.4 Å². The van der Waals surface area contributed by atoms with Crippen LogP contribution in [0.3, 0.4) is 0 Å². The van der Waals surface area contributed by atoms with E-state index in [1.54, 1.807) is 6.92 Å². The van der Waals surface area contributed by atoms with Crippen LogP contribution in [0, 0.1) is 0 Å². The van der Waals surface area contributed by atoms with Gasteiger partial charge in [0.05, 0.1) is 6.10 Å². The van der Waals surface area contributed by atoms with E-state index in [1.807, 2.05) is 30.3 Å². The van der Waals surface area contributed by atoms with Crippen LogP contribution in [-0.2, 0) is 21.0 Å². The smallest absolute Gasteiger partial charge is 0.264 e. The van der Waals surface area contributed by atoms with Crippen molar-refractivity contribution < 1.29 is 17.2 Å². The van der Waals surface area contributed by atoms with Crippen LogP contribution in [0.15, 0.2) is 30.3 Å². The molecule has 0 fully saturated rings. The fourth-order valence-corrected chi connectivity index (χ4v) is 1.78. The van der Waals surface area contributed by atoms with Crippen molar-refractivity contribution in [1.82, 2.24) is 0 Å². The Morgan fingerprint density at radius 3 is 2.47 bits per heavy atom. The Morgan fingerprint density at radius 1 is 1.33 bits per heavy atom. The van der Waals surface area contributed by atoms with Crippen LogP contribution in [-0.4, -0.2) is 19.1 Å². The van der Waals surface area contributed by atoms with E-state index in [-0.39, 0.29) is 0 Å². The van der Waals surface area contributed by atoms with Crippen molar-refractivity contribution in [1.29, 1.82) is 0 Å². The van der Waals surface area contributed by atoms with E-state index in [1.165, 1.54) is 0 Å². The van der Waals surface area contributed by atoms with E-state index >= 15 is 0 Å². The Balaban J connectivity index is 2.38. The Labute approximate surface area is 89.8 Å². The number of aryl methyl sites for hydroxylation is 1. The van der Waals surface area contributed by atoms with Crippen LogP contribution in [0.4, 0.5) is 0 Å². The molecule has 1 rings (SSSR count). The molecular weight excluding hydrogens is 216 g/mol. The minimum Gasteiger partial charge on any atom is -0.264 e. The molecule has 1 N–H and O–H groups in total. The van der Waals surface area contributed by atoms with Gasteiger partial charge in [-0.15, -0.1) is 0 Å². The normalized spacial score (nSPS) is 13.7. The first-order valence-corrected chi connectivity index (χ1v) is 6.03. The van der Waals surface area contributed by atoms with Gasteiger partial charge in [-0.2, -0.15) is 8.42 Å². The fourth-order valence-electron chi connectivity index (χ4n) is 1.27. The quantitative estimate of drug-likeness (QED) is 0.784. The number of benzene rings is 1. The summed E-state index contributed by atoms with van der Waals surface area (Å²) in [6.07, 6.45) is 0.752. The van der Waals surface area contributed by atoms with E-state index in [4.69, 9.17) is 4.55 Å². The lowest BCUT2D eigenvalue weighted by Crippen LogP contribution is -2.15. The van der Waals surface area contributed by atoms with Crippen LogP contribution < -0.4 is 0 Å². The summed E-state index contributed by atoms with van der Waals surface area (Å²) in [7, 11) is -4.33. The molecular formula is C10H14O4S. The zero-order chi connectivity index (χ0) is 11.3. The number of rotatable bonds is 5. The second kappa shape index (κ2) is 5.25. The van der Waals surface area contributed by atoms with Crippen molar-refractivity contribution in [3.05, 3.63) is 35.9 Å². The molecule has 0 bridgehead atoms. The zero-order valence-electron chi connectivity index (χ0n) is 8.46. The van der Waals surface area contributed by atoms with E-state index in [0.717, 1.165) is 12.0 Å². The minimum absolute atomic E-state index is 0.514. The van der Waals surface area contributed by atoms with Crippen LogP contribution in [0.25, 0.3) is 0 Å². The first kappa shape index (κ1) is 12.2. The highest BCUT2D eigenvalue weighted by Crippen LogP contribution is 2.08. The second-order valence-electron chi connectivity index (χ2n) is 3.36. The average molecular weight is 230 g/mol. The molecule has 0 radical (unpaired) electrons. The molecule has 0 aliphatic rings. The Hall–Kier alpha value is -0.910. The molecule has 0 unspecified atom stereocenters. The molecule has 0 aliphatic carbocycles. The highest BCUT2D eigenvalue weighted by atomic mass is 32.3. The first-order valence-electron chi connectivity index (χ1n) is 4.67. The lowest BCUT2D eigenvalue weighted by molar-refractivity contribution is 0.189. The minimum atomic E-state index is -4.33. The molecule has 84 valence electrons. The molecule has 0 heterocycles. The maximum atomic E-state index is 10.4. The lowest BCUT2D eigenvalue weighted by atomic mass is 10.1. The van der Waals surface area contributed by atoms with E-state index < -0.39 is 16.5 Å². The summed E-state index contributed by atoms with van der Waals surface area (Å²) in [6, 6.07) is 9.68.